The van der Waals surface area contributed by atoms with Crippen LogP contribution in [-0.4, -0.2) is 43.9 Å². The van der Waals surface area contributed by atoms with Crippen LogP contribution in [0.5, 0.6) is 0 Å². The van der Waals surface area contributed by atoms with Crippen LogP contribution < -0.4 is 10.4 Å². The summed E-state index contributed by atoms with van der Waals surface area (Å²) in [6, 6.07) is 3.85. The first-order chi connectivity index (χ1) is 17.8. The Hall–Kier alpha value is -4.10. The van der Waals surface area contributed by atoms with Gasteiger partial charge in [-0.25, -0.2) is 4.79 Å². The normalized spacial score (nSPS) is 40.6. The maximum atomic E-state index is 13.2. The summed E-state index contributed by atoms with van der Waals surface area (Å²) < 4.78 is 6.72. The Kier molecular flexibility index (Phi) is 2.59. The number of epoxide rings is 1. The van der Waals surface area contributed by atoms with Gasteiger partial charge in [-0.15, -0.1) is 0 Å². The third-order valence-electron chi connectivity index (χ3n) is 9.82. The predicted molar refractivity (Wildman–Crippen MR) is 131 cm³/mol. The van der Waals surface area contributed by atoms with Crippen LogP contribution in [0.25, 0.3) is 17.7 Å². The smallest absolute Gasteiger partial charge is 0.336 e. The van der Waals surface area contributed by atoms with Crippen LogP contribution in [0.4, 0.5) is 0 Å². The number of rotatable bonds is 1. The summed E-state index contributed by atoms with van der Waals surface area (Å²) in [6.45, 7) is 0. The molecule has 6 heteroatoms. The van der Waals surface area contributed by atoms with Gasteiger partial charge in [-0.05, 0) is 62.6 Å². The molecule has 3 N–H and O–H groups in total. The lowest BCUT2D eigenvalue weighted by Gasteiger charge is -2.55. The number of aliphatic hydroxyl groups is 2. The molecule has 176 valence electrons. The van der Waals surface area contributed by atoms with Gasteiger partial charge in [0.25, 0.3) is 0 Å². The highest BCUT2D eigenvalue weighted by molar-refractivity contribution is 6.12. The lowest BCUT2D eigenvalue weighted by molar-refractivity contribution is -0.132. The fourth-order valence-corrected chi connectivity index (χ4v) is 8.48. The van der Waals surface area contributed by atoms with E-state index in [9.17, 15) is 24.9 Å². The second-order valence-electron chi connectivity index (χ2n) is 11.1. The van der Waals surface area contributed by atoms with E-state index < -0.39 is 34.3 Å². The van der Waals surface area contributed by atoms with E-state index in [1.807, 2.05) is 36.4 Å². The molecule has 1 aromatic rings. The van der Waals surface area contributed by atoms with E-state index >= 15 is 0 Å². The minimum Gasteiger partial charge on any atom is -0.478 e. The fourth-order valence-electron chi connectivity index (χ4n) is 8.48. The number of benzene rings is 1. The Morgan fingerprint density at radius 3 is 2.68 bits per heavy atom. The number of carbonyl (C=O) groups is 2. The number of ketones is 1. The summed E-state index contributed by atoms with van der Waals surface area (Å²) in [7, 11) is 0. The number of aliphatic carboxylic acids is 1. The third-order valence-corrected chi connectivity index (χ3v) is 9.82. The van der Waals surface area contributed by atoms with Gasteiger partial charge in [-0.1, -0.05) is 48.6 Å². The van der Waals surface area contributed by atoms with Crippen LogP contribution in [-0.2, 0) is 19.9 Å². The topological polar surface area (TPSA) is 107 Å². The number of allylic oxidation sites excluding steroid dienone is 5. The standard InChI is InChI=1S/C31H16O6/c32-19-6-5-17-21-16(19)12-14-4-3-13-7-10-28(35)11-8-15-22(27(33)34)18-2-1-9-29(17)31(18,37-29)26-23(21)20(14)24(13)30(28,36)25(15)26/h1-12,16,35-36H,(H,33,34)/t16?,28?,29-,30?,31+/m1/s1. The van der Waals surface area contributed by atoms with Gasteiger partial charge < -0.3 is 20.1 Å². The molecule has 1 fully saturated rings. The highest BCUT2D eigenvalue weighted by Crippen LogP contribution is 2.76. The molecular formula is C31H16O6. The average molecular weight is 484 g/mol. The molecule has 3 unspecified atom stereocenters. The minimum atomic E-state index is -1.93. The quantitative estimate of drug-likeness (QED) is 0.512. The maximum absolute atomic E-state index is 13.2. The van der Waals surface area contributed by atoms with Gasteiger partial charge in [-0.2, -0.15) is 0 Å². The Balaban J connectivity index is 1.57. The van der Waals surface area contributed by atoms with E-state index in [-0.39, 0.29) is 11.4 Å². The first-order valence-corrected chi connectivity index (χ1v) is 12.3. The minimum absolute atomic E-state index is 0.0288. The summed E-state index contributed by atoms with van der Waals surface area (Å²) in [4.78, 5) is 26.1. The molecule has 1 aliphatic heterocycles. The van der Waals surface area contributed by atoms with Crippen molar-refractivity contribution in [1.82, 2.24) is 0 Å². The molecule has 0 radical (unpaired) electrons. The SMILES string of the molecule is O=C(O)C1=C2C=CC3(O)C=Cc4ccc5c6c4C3(O)C2=C2C=6C3=C(C=CC(=O)C3C=5)[C@]34C=CC=C1[C@]23O4. The van der Waals surface area contributed by atoms with Gasteiger partial charge in [-0.3, -0.25) is 4.79 Å². The molecule has 1 saturated heterocycles. The molecule has 6 nitrogen and oxygen atoms in total. The van der Waals surface area contributed by atoms with Crippen LogP contribution in [0.3, 0.4) is 0 Å². The van der Waals surface area contributed by atoms with Gasteiger partial charge in [0.1, 0.15) is 5.60 Å². The van der Waals surface area contributed by atoms with Crippen molar-refractivity contribution in [2.75, 3.05) is 0 Å². The Labute approximate surface area is 208 Å². The molecule has 0 aromatic heterocycles. The molecule has 10 rings (SSSR count). The average Bonchev–Trinajstić information content (AvgIpc) is 3.58. The summed E-state index contributed by atoms with van der Waals surface area (Å²) in [5.41, 5.74) is -0.0533. The van der Waals surface area contributed by atoms with E-state index in [1.54, 1.807) is 30.4 Å². The molecule has 5 atom stereocenters. The van der Waals surface area contributed by atoms with Crippen molar-refractivity contribution in [3.8, 4) is 0 Å². The molecule has 0 saturated carbocycles. The molecule has 1 spiro atoms. The highest BCUT2D eigenvalue weighted by Gasteiger charge is 2.81. The zero-order valence-electron chi connectivity index (χ0n) is 19.1. The molecule has 0 amide bonds. The van der Waals surface area contributed by atoms with Crippen LogP contribution >= 0.6 is 0 Å². The molecule has 1 heterocycles. The van der Waals surface area contributed by atoms with Crippen molar-refractivity contribution in [2.45, 2.75) is 22.4 Å². The van der Waals surface area contributed by atoms with E-state index in [0.717, 1.165) is 32.7 Å². The zero-order chi connectivity index (χ0) is 24.9. The number of hydrogen-bond donors (Lipinski definition) is 3. The fraction of sp³-hybridized carbons (Fsp3) is 0.161. The van der Waals surface area contributed by atoms with E-state index in [1.165, 1.54) is 6.08 Å². The van der Waals surface area contributed by atoms with Crippen LogP contribution in [0.15, 0.2) is 99.8 Å². The number of carboxylic acid groups (broad SMARTS) is 1. The lowest BCUT2D eigenvalue weighted by Crippen LogP contribution is -2.63. The van der Waals surface area contributed by atoms with Crippen LogP contribution in [0.1, 0.15) is 11.1 Å². The summed E-state index contributed by atoms with van der Waals surface area (Å²) in [5, 5.41) is 36.8. The number of carboxylic acids is 1. The molecular weight excluding hydrogens is 468 g/mol. The molecule has 8 aliphatic carbocycles. The maximum Gasteiger partial charge on any atom is 0.336 e. The Morgan fingerprint density at radius 1 is 1.00 bits per heavy atom. The van der Waals surface area contributed by atoms with Crippen molar-refractivity contribution < 1.29 is 29.6 Å². The monoisotopic (exact) mass is 484 g/mol. The zero-order valence-corrected chi connectivity index (χ0v) is 19.1. The summed E-state index contributed by atoms with van der Waals surface area (Å²) in [6.07, 6.45) is 17.4. The van der Waals surface area contributed by atoms with Gasteiger partial charge in [0, 0.05) is 22.3 Å². The second-order valence-corrected chi connectivity index (χ2v) is 11.1. The largest absolute Gasteiger partial charge is 0.478 e. The molecule has 37 heavy (non-hydrogen) atoms. The lowest BCUT2D eigenvalue weighted by atomic mass is 9.49. The number of carbonyl (C=O) groups excluding carboxylic acids is 1. The van der Waals surface area contributed by atoms with Crippen molar-refractivity contribution in [3.05, 3.63) is 121 Å². The number of hydrogen-bond acceptors (Lipinski definition) is 5. The first-order valence-electron chi connectivity index (χ1n) is 12.3. The Bertz CT molecular complexity index is 1990. The molecule has 1 aromatic carbocycles. The van der Waals surface area contributed by atoms with E-state index in [0.29, 0.717) is 27.9 Å². The van der Waals surface area contributed by atoms with E-state index in [4.69, 9.17) is 4.74 Å². The highest BCUT2D eigenvalue weighted by atomic mass is 16.6. The first kappa shape index (κ1) is 19.1. The van der Waals surface area contributed by atoms with Crippen LogP contribution in [0, 0.1) is 5.92 Å². The van der Waals surface area contributed by atoms with Crippen molar-refractivity contribution >= 4 is 29.5 Å². The molecule has 0 bridgehead atoms. The van der Waals surface area contributed by atoms with Gasteiger partial charge in [0.2, 0.25) is 0 Å². The van der Waals surface area contributed by atoms with Gasteiger partial charge >= 0.3 is 5.97 Å². The number of ether oxygens (including phenoxy) is 1. The van der Waals surface area contributed by atoms with Crippen molar-refractivity contribution in [2.24, 2.45) is 5.92 Å². The molecule has 9 aliphatic rings. The van der Waals surface area contributed by atoms with Crippen LogP contribution in [0.2, 0.25) is 0 Å². The predicted octanol–water partition coefficient (Wildman–Crippen LogP) is 0.921. The van der Waals surface area contributed by atoms with Crippen molar-refractivity contribution in [1.29, 1.82) is 0 Å². The summed E-state index contributed by atoms with van der Waals surface area (Å²) in [5.74, 6) is -1.66. The third kappa shape index (κ3) is 1.52. The van der Waals surface area contributed by atoms with Gasteiger partial charge in [0.15, 0.2) is 22.6 Å². The van der Waals surface area contributed by atoms with E-state index in [2.05, 4.69) is 0 Å². The second kappa shape index (κ2) is 5.02. The Morgan fingerprint density at radius 2 is 1.84 bits per heavy atom. The summed E-state index contributed by atoms with van der Waals surface area (Å²) >= 11 is 0. The van der Waals surface area contributed by atoms with Gasteiger partial charge in [0.05, 0.1) is 11.5 Å². The van der Waals surface area contributed by atoms with Crippen molar-refractivity contribution in [3.63, 3.8) is 0 Å².